The van der Waals surface area contributed by atoms with Crippen molar-refractivity contribution in [2.75, 3.05) is 13.1 Å². The van der Waals surface area contributed by atoms with Crippen molar-refractivity contribution in [3.8, 4) is 0 Å². The summed E-state index contributed by atoms with van der Waals surface area (Å²) in [5, 5.41) is 18.6. The molecule has 0 aromatic rings. The number of hydrogen-bond donors (Lipinski definition) is 6. The minimum Gasteiger partial charge on any atom is -0.480 e. The lowest BCUT2D eigenvalue weighted by atomic mass is 10.1. The highest BCUT2D eigenvalue weighted by Gasteiger charge is 2.38. The summed E-state index contributed by atoms with van der Waals surface area (Å²) in [6, 6.07) is -1.57. The zero-order chi connectivity index (χ0) is 20.8. The predicted molar refractivity (Wildman–Crippen MR) is 87.0 cm³/mol. The first kappa shape index (κ1) is 26.3. The topological polar surface area (TPSA) is 182 Å². The van der Waals surface area contributed by atoms with Gasteiger partial charge in [0.25, 0.3) is 0 Å². The van der Waals surface area contributed by atoms with Crippen LogP contribution in [0.3, 0.4) is 0 Å². The Kier molecular flexibility index (Phi) is 14.4. The fourth-order valence-electron chi connectivity index (χ4n) is 1.67. The van der Waals surface area contributed by atoms with Crippen LogP contribution in [0.25, 0.3) is 0 Å². The number of carbonyl (C=O) groups excluding carboxylic acids is 1. The Morgan fingerprint density at radius 2 is 1.35 bits per heavy atom. The fraction of sp³-hybridized carbons (Fsp3) is 0.786. The Bertz CT molecular complexity index is 435. The summed E-state index contributed by atoms with van der Waals surface area (Å²) in [5.41, 5.74) is 16.4. The smallest absolute Gasteiger partial charge is 0.480 e. The minimum atomic E-state index is -5.08. The van der Waals surface area contributed by atoms with E-state index < -0.39 is 36.1 Å². The molecule has 0 bridgehead atoms. The van der Waals surface area contributed by atoms with Gasteiger partial charge in [0.05, 0.1) is 6.04 Å². The summed E-state index contributed by atoms with van der Waals surface area (Å²) >= 11 is 0. The van der Waals surface area contributed by atoms with Gasteiger partial charge in [0.15, 0.2) is 0 Å². The number of rotatable bonds is 11. The third-order valence-electron chi connectivity index (χ3n) is 3.11. The summed E-state index contributed by atoms with van der Waals surface area (Å²) in [7, 11) is 0. The summed E-state index contributed by atoms with van der Waals surface area (Å²) < 4.78 is 31.7. The average molecular weight is 388 g/mol. The number of aliphatic carboxylic acids is 2. The normalized spacial score (nSPS) is 13.2. The Balaban J connectivity index is 0. The number of amides is 1. The van der Waals surface area contributed by atoms with Crippen molar-refractivity contribution in [1.29, 1.82) is 0 Å². The van der Waals surface area contributed by atoms with Crippen LogP contribution in [0, 0.1) is 0 Å². The van der Waals surface area contributed by atoms with Crippen molar-refractivity contribution >= 4 is 17.8 Å². The molecule has 9 nitrogen and oxygen atoms in total. The Hall–Kier alpha value is -1.92. The Labute approximate surface area is 149 Å². The van der Waals surface area contributed by atoms with E-state index in [1.54, 1.807) is 0 Å². The molecule has 0 rings (SSSR count). The van der Waals surface area contributed by atoms with E-state index in [0.717, 1.165) is 19.3 Å². The molecule has 0 saturated carbocycles. The largest absolute Gasteiger partial charge is 0.490 e. The van der Waals surface area contributed by atoms with Crippen LogP contribution in [-0.4, -0.2) is 59.4 Å². The van der Waals surface area contributed by atoms with Crippen molar-refractivity contribution in [2.45, 2.75) is 56.8 Å². The van der Waals surface area contributed by atoms with Gasteiger partial charge < -0.3 is 32.7 Å². The molecule has 0 aliphatic heterocycles. The second-order valence-corrected chi connectivity index (χ2v) is 5.38. The van der Waals surface area contributed by atoms with E-state index in [-0.39, 0.29) is 0 Å². The standard InChI is InChI=1S/C12H26N4O3.C2HF3O2/c13-7-3-1-5-9(15)11(17)16-10(12(18)19)6-2-4-8-14;3-2(4,5)1(6)7/h9-10H,1-8,13-15H2,(H,16,17)(H,18,19);(H,6,7)/t9-,10-;/m0./s1. The molecule has 0 saturated heterocycles. The monoisotopic (exact) mass is 388 g/mol. The molecule has 0 aliphatic rings. The summed E-state index contributed by atoms with van der Waals surface area (Å²) in [5.74, 6) is -4.22. The highest BCUT2D eigenvalue weighted by atomic mass is 19.4. The van der Waals surface area contributed by atoms with Crippen molar-refractivity contribution < 1.29 is 37.8 Å². The van der Waals surface area contributed by atoms with E-state index in [0.29, 0.717) is 32.4 Å². The van der Waals surface area contributed by atoms with Crippen molar-refractivity contribution in [2.24, 2.45) is 17.2 Å². The Morgan fingerprint density at radius 3 is 1.69 bits per heavy atom. The van der Waals surface area contributed by atoms with Crippen LogP contribution in [0.4, 0.5) is 13.2 Å². The average Bonchev–Trinajstić information content (AvgIpc) is 2.53. The van der Waals surface area contributed by atoms with E-state index in [1.807, 2.05) is 0 Å². The first-order valence-electron chi connectivity index (χ1n) is 7.96. The lowest BCUT2D eigenvalue weighted by Gasteiger charge is -2.17. The molecule has 0 radical (unpaired) electrons. The SMILES string of the molecule is NCCCC[C@H](NC(=O)[C@@H](N)CCCCN)C(=O)O.O=C(O)C(F)(F)F. The fourth-order valence-corrected chi connectivity index (χ4v) is 1.67. The highest BCUT2D eigenvalue weighted by Crippen LogP contribution is 2.13. The number of nitrogens with two attached hydrogens (primary N) is 3. The lowest BCUT2D eigenvalue weighted by molar-refractivity contribution is -0.192. The van der Waals surface area contributed by atoms with Crippen LogP contribution in [-0.2, 0) is 14.4 Å². The maximum absolute atomic E-state index is 11.7. The molecular weight excluding hydrogens is 361 g/mol. The zero-order valence-corrected chi connectivity index (χ0v) is 14.3. The van der Waals surface area contributed by atoms with E-state index in [2.05, 4.69) is 5.32 Å². The molecule has 26 heavy (non-hydrogen) atoms. The molecule has 9 N–H and O–H groups in total. The van der Waals surface area contributed by atoms with E-state index in [9.17, 15) is 22.8 Å². The van der Waals surface area contributed by atoms with Gasteiger partial charge in [-0.3, -0.25) is 4.79 Å². The number of carbonyl (C=O) groups is 3. The molecule has 12 heteroatoms. The first-order valence-corrected chi connectivity index (χ1v) is 7.96. The number of unbranched alkanes of at least 4 members (excludes halogenated alkanes) is 2. The highest BCUT2D eigenvalue weighted by molar-refractivity contribution is 5.86. The number of carboxylic acids is 2. The molecule has 0 heterocycles. The number of halogens is 3. The van der Waals surface area contributed by atoms with Gasteiger partial charge in [0.2, 0.25) is 5.91 Å². The van der Waals surface area contributed by atoms with Crippen molar-refractivity contribution in [3.63, 3.8) is 0 Å². The molecular formula is C14H27F3N4O5. The van der Waals surface area contributed by atoms with Crippen molar-refractivity contribution in [1.82, 2.24) is 5.32 Å². The van der Waals surface area contributed by atoms with Crippen LogP contribution in [0.1, 0.15) is 38.5 Å². The van der Waals surface area contributed by atoms with Gasteiger partial charge in [-0.1, -0.05) is 6.42 Å². The van der Waals surface area contributed by atoms with Gasteiger partial charge in [-0.15, -0.1) is 0 Å². The van der Waals surface area contributed by atoms with E-state index in [4.69, 9.17) is 32.2 Å². The van der Waals surface area contributed by atoms with E-state index >= 15 is 0 Å². The third kappa shape index (κ3) is 14.4. The first-order chi connectivity index (χ1) is 12.0. The van der Waals surface area contributed by atoms with Crippen LogP contribution in [0.15, 0.2) is 0 Å². The Morgan fingerprint density at radius 1 is 0.923 bits per heavy atom. The molecule has 2 atom stereocenters. The summed E-state index contributed by atoms with van der Waals surface area (Å²) in [6.45, 7) is 1.07. The third-order valence-corrected chi connectivity index (χ3v) is 3.11. The van der Waals surface area contributed by atoms with Crippen LogP contribution >= 0.6 is 0 Å². The zero-order valence-electron chi connectivity index (χ0n) is 14.3. The molecule has 0 spiro atoms. The second kappa shape index (κ2) is 14.3. The van der Waals surface area contributed by atoms with Gasteiger partial charge in [0.1, 0.15) is 6.04 Å². The van der Waals surface area contributed by atoms with Crippen LogP contribution in [0.2, 0.25) is 0 Å². The van der Waals surface area contributed by atoms with Crippen LogP contribution < -0.4 is 22.5 Å². The van der Waals surface area contributed by atoms with E-state index in [1.165, 1.54) is 0 Å². The van der Waals surface area contributed by atoms with Gasteiger partial charge in [-0.2, -0.15) is 13.2 Å². The number of nitrogens with one attached hydrogen (secondary N) is 1. The predicted octanol–water partition coefficient (Wildman–Crippen LogP) is -0.226. The lowest BCUT2D eigenvalue weighted by Crippen LogP contribution is -2.48. The maximum atomic E-state index is 11.7. The number of alkyl halides is 3. The van der Waals surface area contributed by atoms with Gasteiger partial charge >= 0.3 is 18.1 Å². The van der Waals surface area contributed by atoms with Gasteiger partial charge in [0, 0.05) is 0 Å². The second-order valence-electron chi connectivity index (χ2n) is 5.38. The summed E-state index contributed by atoms with van der Waals surface area (Å²) in [6.07, 6.45) is -1.24. The number of hydrogen-bond acceptors (Lipinski definition) is 6. The number of carboxylic acid groups (broad SMARTS) is 2. The molecule has 154 valence electrons. The molecule has 0 unspecified atom stereocenters. The van der Waals surface area contributed by atoms with Crippen molar-refractivity contribution in [3.05, 3.63) is 0 Å². The maximum Gasteiger partial charge on any atom is 0.490 e. The molecule has 0 aliphatic carbocycles. The quantitative estimate of drug-likeness (QED) is 0.262. The van der Waals surface area contributed by atoms with Gasteiger partial charge in [-0.05, 0) is 45.2 Å². The molecule has 0 fully saturated rings. The summed E-state index contributed by atoms with van der Waals surface area (Å²) in [4.78, 5) is 31.6. The molecule has 0 aromatic heterocycles. The van der Waals surface area contributed by atoms with Crippen LogP contribution in [0.5, 0.6) is 0 Å². The molecule has 0 aromatic carbocycles. The van der Waals surface area contributed by atoms with Gasteiger partial charge in [-0.25, -0.2) is 9.59 Å². The molecule has 1 amide bonds. The minimum absolute atomic E-state index is 0.369.